The number of amides is 1. The van der Waals surface area contributed by atoms with Crippen molar-refractivity contribution in [2.75, 3.05) is 5.32 Å². The molecule has 0 aliphatic heterocycles. The van der Waals surface area contributed by atoms with Gasteiger partial charge < -0.3 is 5.32 Å². The molecule has 0 saturated heterocycles. The van der Waals surface area contributed by atoms with Crippen molar-refractivity contribution >= 4 is 39.0 Å². The van der Waals surface area contributed by atoms with Crippen LogP contribution in [0.2, 0.25) is 0 Å². The van der Waals surface area contributed by atoms with E-state index in [1.807, 2.05) is 37.3 Å². The number of nitrogens with one attached hydrogen (secondary N) is 1. The Balaban J connectivity index is 1.57. The highest BCUT2D eigenvalue weighted by molar-refractivity contribution is 7.21. The lowest BCUT2D eigenvalue weighted by molar-refractivity contribution is -0.385. The van der Waals surface area contributed by atoms with E-state index in [1.165, 1.54) is 29.5 Å². The Morgan fingerprint density at radius 1 is 1.10 bits per heavy atom. The van der Waals surface area contributed by atoms with Gasteiger partial charge in [0.1, 0.15) is 15.4 Å². The van der Waals surface area contributed by atoms with E-state index in [4.69, 9.17) is 0 Å². The van der Waals surface area contributed by atoms with Gasteiger partial charge in [0, 0.05) is 34.6 Å². The Bertz CT molecular complexity index is 1230. The van der Waals surface area contributed by atoms with Crippen molar-refractivity contribution in [1.82, 2.24) is 9.97 Å². The predicted molar refractivity (Wildman–Crippen MR) is 113 cm³/mol. The summed E-state index contributed by atoms with van der Waals surface area (Å²) < 4.78 is 0. The topological polar surface area (TPSA) is 98.0 Å². The van der Waals surface area contributed by atoms with E-state index < -0.39 is 4.92 Å². The Kier molecular flexibility index (Phi) is 4.77. The molecular weight excluding hydrogens is 388 g/mol. The fraction of sp³-hybridized carbons (Fsp3) is 0.0952. The summed E-state index contributed by atoms with van der Waals surface area (Å²) in [6, 6.07) is 13.8. The fourth-order valence-electron chi connectivity index (χ4n) is 3.03. The molecule has 0 fully saturated rings. The summed E-state index contributed by atoms with van der Waals surface area (Å²) in [5.41, 5.74) is 4.18. The van der Waals surface area contributed by atoms with E-state index in [1.54, 1.807) is 13.1 Å². The number of hydrogen-bond donors (Lipinski definition) is 1. The van der Waals surface area contributed by atoms with Crippen molar-refractivity contribution in [1.29, 1.82) is 0 Å². The van der Waals surface area contributed by atoms with Crippen LogP contribution in [0.4, 0.5) is 11.4 Å². The van der Waals surface area contributed by atoms with Crippen LogP contribution in [-0.4, -0.2) is 20.8 Å². The highest BCUT2D eigenvalue weighted by atomic mass is 32.1. The lowest BCUT2D eigenvalue weighted by atomic mass is 10.1. The molecule has 2 aromatic carbocycles. The Morgan fingerprint density at radius 3 is 2.62 bits per heavy atom. The van der Waals surface area contributed by atoms with Crippen LogP contribution in [0.1, 0.15) is 21.5 Å². The van der Waals surface area contributed by atoms with Crippen molar-refractivity contribution in [3.63, 3.8) is 0 Å². The number of hydrogen-bond acceptors (Lipinski definition) is 6. The number of carbonyl (C=O) groups excluding carboxylic acids is 1. The Labute approximate surface area is 170 Å². The van der Waals surface area contributed by atoms with E-state index >= 15 is 0 Å². The van der Waals surface area contributed by atoms with Crippen LogP contribution in [0, 0.1) is 24.0 Å². The highest BCUT2D eigenvalue weighted by Crippen LogP contribution is 2.31. The minimum atomic E-state index is -0.461. The largest absolute Gasteiger partial charge is 0.322 e. The molecule has 29 heavy (non-hydrogen) atoms. The molecule has 0 atom stereocenters. The third-order valence-electron chi connectivity index (χ3n) is 4.54. The molecule has 8 heteroatoms. The summed E-state index contributed by atoms with van der Waals surface area (Å²) in [6.45, 7) is 3.52. The number of fused-ring (bicyclic) bond motifs is 1. The van der Waals surface area contributed by atoms with Gasteiger partial charge in [-0.1, -0.05) is 11.3 Å². The van der Waals surface area contributed by atoms with Gasteiger partial charge in [0.2, 0.25) is 0 Å². The van der Waals surface area contributed by atoms with Crippen LogP contribution in [0.25, 0.3) is 20.9 Å². The van der Waals surface area contributed by atoms with Gasteiger partial charge >= 0.3 is 0 Å². The van der Waals surface area contributed by atoms with Gasteiger partial charge in [0.05, 0.1) is 4.92 Å². The monoisotopic (exact) mass is 404 g/mol. The van der Waals surface area contributed by atoms with Gasteiger partial charge in [0.25, 0.3) is 11.6 Å². The smallest absolute Gasteiger partial charge is 0.272 e. The Hall–Kier alpha value is -3.65. The molecule has 1 amide bonds. The highest BCUT2D eigenvalue weighted by Gasteiger charge is 2.15. The van der Waals surface area contributed by atoms with E-state index in [0.29, 0.717) is 16.8 Å². The summed E-state index contributed by atoms with van der Waals surface area (Å²) >= 11 is 1.52. The summed E-state index contributed by atoms with van der Waals surface area (Å²) in [5.74, 6) is -0.317. The van der Waals surface area contributed by atoms with Crippen LogP contribution in [0.5, 0.6) is 0 Å². The summed E-state index contributed by atoms with van der Waals surface area (Å²) in [7, 11) is 0. The first-order valence-electron chi connectivity index (χ1n) is 8.81. The van der Waals surface area contributed by atoms with Gasteiger partial charge in [-0.25, -0.2) is 9.97 Å². The number of nitro benzene ring substituents is 1. The summed E-state index contributed by atoms with van der Waals surface area (Å²) in [4.78, 5) is 32.9. The van der Waals surface area contributed by atoms with Crippen LogP contribution in [0.15, 0.2) is 54.7 Å². The number of rotatable bonds is 4. The van der Waals surface area contributed by atoms with Gasteiger partial charge in [-0.3, -0.25) is 14.9 Å². The molecule has 2 heterocycles. The van der Waals surface area contributed by atoms with E-state index in [9.17, 15) is 14.9 Å². The lowest BCUT2D eigenvalue weighted by Gasteiger charge is -2.10. The second-order valence-corrected chi connectivity index (χ2v) is 7.57. The number of nitro groups is 1. The quantitative estimate of drug-likeness (QED) is 0.375. The van der Waals surface area contributed by atoms with Crippen LogP contribution >= 0.6 is 11.3 Å². The van der Waals surface area contributed by atoms with Gasteiger partial charge in [-0.2, -0.15) is 0 Å². The number of benzene rings is 2. The maximum Gasteiger partial charge on any atom is 0.272 e. The van der Waals surface area contributed by atoms with Crippen molar-refractivity contribution < 1.29 is 9.72 Å². The molecule has 7 nitrogen and oxygen atoms in total. The molecule has 0 bridgehead atoms. The molecule has 0 radical (unpaired) electrons. The zero-order valence-corrected chi connectivity index (χ0v) is 16.5. The molecule has 0 aliphatic carbocycles. The molecule has 144 valence electrons. The van der Waals surface area contributed by atoms with Crippen molar-refractivity contribution in [2.45, 2.75) is 13.8 Å². The summed E-state index contributed by atoms with van der Waals surface area (Å²) in [5, 5.41) is 14.7. The van der Waals surface area contributed by atoms with Crippen LogP contribution < -0.4 is 5.32 Å². The third kappa shape index (κ3) is 3.70. The second-order valence-electron chi connectivity index (χ2n) is 6.59. The maximum atomic E-state index is 12.6. The van der Waals surface area contributed by atoms with Gasteiger partial charge in [-0.05, 0) is 61.9 Å². The lowest BCUT2D eigenvalue weighted by Crippen LogP contribution is -2.13. The Morgan fingerprint density at radius 2 is 1.93 bits per heavy atom. The zero-order chi connectivity index (χ0) is 20.5. The molecule has 4 rings (SSSR count). The SMILES string of the molecule is Cc1cc(-c2nc3cccnc3s2)ccc1NC(=O)c1ccc([N+](=O)[O-])c(C)c1. The predicted octanol–water partition coefficient (Wildman–Crippen LogP) is 5.14. The van der Waals surface area contributed by atoms with E-state index in [2.05, 4.69) is 15.3 Å². The minimum absolute atomic E-state index is 0.00703. The first kappa shape index (κ1) is 18.7. The normalized spacial score (nSPS) is 10.8. The molecule has 0 saturated carbocycles. The first-order chi connectivity index (χ1) is 13.9. The molecule has 0 unspecified atom stereocenters. The molecular formula is C21H16N4O3S. The maximum absolute atomic E-state index is 12.6. The molecule has 0 spiro atoms. The van der Waals surface area contributed by atoms with Gasteiger partial charge in [-0.15, -0.1) is 0 Å². The fourth-order valence-corrected chi connectivity index (χ4v) is 3.93. The number of aryl methyl sites for hydroxylation is 2. The second kappa shape index (κ2) is 7.40. The van der Waals surface area contributed by atoms with E-state index in [-0.39, 0.29) is 11.6 Å². The number of pyridine rings is 1. The van der Waals surface area contributed by atoms with Crippen LogP contribution in [-0.2, 0) is 0 Å². The third-order valence-corrected chi connectivity index (χ3v) is 5.57. The average Bonchev–Trinajstić information content (AvgIpc) is 3.13. The molecule has 4 aromatic rings. The minimum Gasteiger partial charge on any atom is -0.322 e. The summed E-state index contributed by atoms with van der Waals surface area (Å²) in [6.07, 6.45) is 1.74. The van der Waals surface area contributed by atoms with Crippen molar-refractivity contribution in [2.24, 2.45) is 0 Å². The van der Waals surface area contributed by atoms with Crippen molar-refractivity contribution in [3.8, 4) is 10.6 Å². The van der Waals surface area contributed by atoms with E-state index in [0.717, 1.165) is 26.5 Å². The number of aromatic nitrogens is 2. The standard InChI is InChI=1S/C21H16N4O3S/c1-12-10-15(20-24-17-4-3-9-22-21(17)29-20)5-7-16(12)23-19(26)14-6-8-18(25(27)28)13(2)11-14/h3-11H,1-2H3,(H,23,26). The van der Waals surface area contributed by atoms with Gasteiger partial charge in [0.15, 0.2) is 0 Å². The first-order valence-corrected chi connectivity index (χ1v) is 9.63. The number of anilines is 1. The number of carbonyl (C=O) groups is 1. The van der Waals surface area contributed by atoms with Crippen molar-refractivity contribution in [3.05, 3.63) is 81.5 Å². The molecule has 1 N–H and O–H groups in total. The number of thiazole rings is 1. The zero-order valence-electron chi connectivity index (χ0n) is 15.7. The molecule has 2 aromatic heterocycles. The van der Waals surface area contributed by atoms with Crippen LogP contribution in [0.3, 0.4) is 0 Å². The number of nitrogens with zero attached hydrogens (tertiary/aromatic N) is 3. The molecule has 0 aliphatic rings. The average molecular weight is 404 g/mol.